The first-order valence-electron chi connectivity index (χ1n) is 7.46. The van der Waals surface area contributed by atoms with Crippen molar-refractivity contribution in [2.24, 2.45) is 0 Å². The minimum atomic E-state index is -0.462. The van der Waals surface area contributed by atoms with E-state index in [4.69, 9.17) is 9.47 Å². The summed E-state index contributed by atoms with van der Waals surface area (Å²) in [6, 6.07) is 16.0. The number of methoxy groups -OCH3 is 1. The molecule has 0 radical (unpaired) electrons. The van der Waals surface area contributed by atoms with Crippen molar-refractivity contribution in [2.75, 3.05) is 19.0 Å². The third-order valence-corrected chi connectivity index (χ3v) is 3.22. The molecule has 1 N–H and O–H groups in total. The molecule has 0 heterocycles. The number of hydrogen-bond donors (Lipinski definition) is 1. The van der Waals surface area contributed by atoms with Crippen LogP contribution in [0.15, 0.2) is 54.1 Å². The van der Waals surface area contributed by atoms with E-state index in [0.29, 0.717) is 18.0 Å². The molecule has 0 unspecified atom stereocenters. The minimum Gasteiger partial charge on any atom is -0.497 e. The van der Waals surface area contributed by atoms with Gasteiger partial charge in [0, 0.05) is 5.69 Å². The molecule has 122 valence electrons. The van der Waals surface area contributed by atoms with Crippen molar-refractivity contribution in [1.82, 2.24) is 0 Å². The van der Waals surface area contributed by atoms with E-state index in [1.807, 2.05) is 13.0 Å². The van der Waals surface area contributed by atoms with Crippen LogP contribution in [0.25, 0.3) is 6.08 Å². The van der Waals surface area contributed by atoms with Gasteiger partial charge in [0.05, 0.1) is 13.7 Å². The van der Waals surface area contributed by atoms with Crippen LogP contribution in [-0.4, -0.2) is 19.6 Å². The topological polar surface area (TPSA) is 71.3 Å². The highest BCUT2D eigenvalue weighted by molar-refractivity contribution is 6.09. The Bertz CT molecular complexity index is 757. The van der Waals surface area contributed by atoms with Crippen LogP contribution in [-0.2, 0) is 4.79 Å². The van der Waals surface area contributed by atoms with Crippen LogP contribution in [0.4, 0.5) is 5.69 Å². The number of amides is 1. The van der Waals surface area contributed by atoms with Gasteiger partial charge in [-0.25, -0.2) is 0 Å². The van der Waals surface area contributed by atoms with Crippen LogP contribution in [0.5, 0.6) is 11.5 Å². The van der Waals surface area contributed by atoms with Gasteiger partial charge in [0.25, 0.3) is 5.91 Å². The van der Waals surface area contributed by atoms with E-state index in [1.165, 1.54) is 6.08 Å². The first-order valence-corrected chi connectivity index (χ1v) is 7.46. The Morgan fingerprint density at radius 2 is 1.75 bits per heavy atom. The van der Waals surface area contributed by atoms with Gasteiger partial charge in [-0.15, -0.1) is 0 Å². The zero-order valence-corrected chi connectivity index (χ0v) is 13.6. The van der Waals surface area contributed by atoms with Gasteiger partial charge < -0.3 is 14.8 Å². The lowest BCUT2D eigenvalue weighted by Gasteiger charge is -2.06. The van der Waals surface area contributed by atoms with E-state index in [9.17, 15) is 10.1 Å². The van der Waals surface area contributed by atoms with Crippen LogP contribution in [0, 0.1) is 11.3 Å². The first kappa shape index (κ1) is 17.1. The normalized spacial score (nSPS) is 10.6. The number of ether oxygens (including phenoxy) is 2. The third-order valence-electron chi connectivity index (χ3n) is 3.22. The molecule has 0 bridgehead atoms. The number of rotatable bonds is 6. The molecule has 5 nitrogen and oxygen atoms in total. The van der Waals surface area contributed by atoms with E-state index in [2.05, 4.69) is 5.32 Å². The van der Waals surface area contributed by atoms with Crippen molar-refractivity contribution in [3.05, 3.63) is 59.7 Å². The molecule has 5 heteroatoms. The van der Waals surface area contributed by atoms with Gasteiger partial charge in [-0.3, -0.25) is 4.79 Å². The predicted octanol–water partition coefficient (Wildman–Crippen LogP) is 3.64. The summed E-state index contributed by atoms with van der Waals surface area (Å²) in [6.07, 6.45) is 1.54. The Labute approximate surface area is 141 Å². The van der Waals surface area contributed by atoms with Gasteiger partial charge in [0.15, 0.2) is 0 Å². The van der Waals surface area contributed by atoms with Crippen LogP contribution in [0.2, 0.25) is 0 Å². The fourth-order valence-corrected chi connectivity index (χ4v) is 2.01. The Morgan fingerprint density at radius 3 is 2.29 bits per heavy atom. The van der Waals surface area contributed by atoms with E-state index >= 15 is 0 Å². The molecule has 2 aromatic rings. The molecular formula is C19H18N2O3. The number of nitriles is 1. The maximum atomic E-state index is 12.2. The summed E-state index contributed by atoms with van der Waals surface area (Å²) in [7, 11) is 1.57. The molecule has 0 saturated heterocycles. The van der Waals surface area contributed by atoms with E-state index in [0.717, 1.165) is 11.3 Å². The fourth-order valence-electron chi connectivity index (χ4n) is 2.01. The van der Waals surface area contributed by atoms with Crippen LogP contribution in [0.1, 0.15) is 12.5 Å². The standard InChI is InChI=1S/C19H18N2O3/c1-3-24-18-8-4-14(5-9-18)12-15(13-20)19(22)21-16-6-10-17(23-2)11-7-16/h4-12H,3H2,1-2H3,(H,21,22)/b15-12-. The second kappa shape index (κ2) is 8.39. The van der Waals surface area contributed by atoms with E-state index in [1.54, 1.807) is 55.6 Å². The van der Waals surface area contributed by atoms with Gasteiger partial charge in [-0.2, -0.15) is 5.26 Å². The van der Waals surface area contributed by atoms with Gasteiger partial charge in [0.1, 0.15) is 23.1 Å². The smallest absolute Gasteiger partial charge is 0.266 e. The fraction of sp³-hybridized carbons (Fsp3) is 0.158. The van der Waals surface area contributed by atoms with Crippen molar-refractivity contribution in [3.8, 4) is 17.6 Å². The molecule has 0 atom stereocenters. The number of carbonyl (C=O) groups excluding carboxylic acids is 1. The SMILES string of the molecule is CCOc1ccc(/C=C(/C#N)C(=O)Nc2ccc(OC)cc2)cc1. The summed E-state index contributed by atoms with van der Waals surface area (Å²) in [5.41, 5.74) is 1.36. The summed E-state index contributed by atoms with van der Waals surface area (Å²) < 4.78 is 10.4. The lowest BCUT2D eigenvalue weighted by Crippen LogP contribution is -2.13. The Hall–Kier alpha value is -3.26. The summed E-state index contributed by atoms with van der Waals surface area (Å²) in [5, 5.41) is 11.9. The highest BCUT2D eigenvalue weighted by Gasteiger charge is 2.09. The number of benzene rings is 2. The average Bonchev–Trinajstić information content (AvgIpc) is 2.62. The Morgan fingerprint density at radius 1 is 1.12 bits per heavy atom. The summed E-state index contributed by atoms with van der Waals surface area (Å²) in [5.74, 6) is 0.978. The molecule has 2 rings (SSSR count). The molecule has 24 heavy (non-hydrogen) atoms. The lowest BCUT2D eigenvalue weighted by atomic mass is 10.1. The van der Waals surface area contributed by atoms with Gasteiger partial charge in [-0.1, -0.05) is 12.1 Å². The quantitative estimate of drug-likeness (QED) is 0.651. The number of nitrogens with zero attached hydrogens (tertiary/aromatic N) is 1. The zero-order chi connectivity index (χ0) is 17.4. The maximum Gasteiger partial charge on any atom is 0.266 e. The minimum absolute atomic E-state index is 0.0231. The predicted molar refractivity (Wildman–Crippen MR) is 92.8 cm³/mol. The number of anilines is 1. The summed E-state index contributed by atoms with van der Waals surface area (Å²) in [4.78, 5) is 12.2. The second-order valence-corrected chi connectivity index (χ2v) is 4.85. The molecule has 1 amide bonds. The summed E-state index contributed by atoms with van der Waals surface area (Å²) in [6.45, 7) is 2.49. The molecule has 0 saturated carbocycles. The van der Waals surface area contributed by atoms with Crippen LogP contribution in [0.3, 0.4) is 0 Å². The largest absolute Gasteiger partial charge is 0.497 e. The molecule has 0 aliphatic rings. The molecule has 0 aliphatic carbocycles. The molecule has 0 spiro atoms. The first-order chi connectivity index (χ1) is 11.7. The Kier molecular flexibility index (Phi) is 5.98. The van der Waals surface area contributed by atoms with Crippen molar-refractivity contribution < 1.29 is 14.3 Å². The van der Waals surface area contributed by atoms with E-state index < -0.39 is 5.91 Å². The summed E-state index contributed by atoms with van der Waals surface area (Å²) >= 11 is 0. The number of nitrogens with one attached hydrogen (secondary N) is 1. The van der Waals surface area contributed by atoms with Gasteiger partial charge >= 0.3 is 0 Å². The molecule has 0 fully saturated rings. The van der Waals surface area contributed by atoms with Crippen LogP contribution >= 0.6 is 0 Å². The third kappa shape index (κ3) is 4.62. The van der Waals surface area contributed by atoms with Gasteiger partial charge in [0.2, 0.25) is 0 Å². The Balaban J connectivity index is 2.11. The number of carbonyl (C=O) groups is 1. The van der Waals surface area contributed by atoms with E-state index in [-0.39, 0.29) is 5.57 Å². The highest BCUT2D eigenvalue weighted by atomic mass is 16.5. The van der Waals surface area contributed by atoms with Gasteiger partial charge in [-0.05, 0) is 55.0 Å². The van der Waals surface area contributed by atoms with Crippen molar-refractivity contribution >= 4 is 17.7 Å². The van der Waals surface area contributed by atoms with Crippen LogP contribution < -0.4 is 14.8 Å². The molecule has 0 aromatic heterocycles. The van der Waals surface area contributed by atoms with Crippen molar-refractivity contribution in [2.45, 2.75) is 6.92 Å². The lowest BCUT2D eigenvalue weighted by molar-refractivity contribution is -0.112. The second-order valence-electron chi connectivity index (χ2n) is 4.85. The monoisotopic (exact) mass is 322 g/mol. The van der Waals surface area contributed by atoms with Crippen molar-refractivity contribution in [1.29, 1.82) is 5.26 Å². The van der Waals surface area contributed by atoms with Crippen molar-refractivity contribution in [3.63, 3.8) is 0 Å². The average molecular weight is 322 g/mol. The maximum absolute atomic E-state index is 12.2. The zero-order valence-electron chi connectivity index (χ0n) is 13.6. The highest BCUT2D eigenvalue weighted by Crippen LogP contribution is 2.17. The molecule has 0 aliphatic heterocycles. The number of hydrogen-bond acceptors (Lipinski definition) is 4. The molecule has 2 aromatic carbocycles. The molecular weight excluding hydrogens is 304 g/mol.